The van der Waals surface area contributed by atoms with Gasteiger partial charge in [0.05, 0.1) is 18.6 Å². The zero-order chi connectivity index (χ0) is 35.0. The number of hydrogen-bond acceptors (Lipinski definition) is 5. The van der Waals surface area contributed by atoms with Crippen molar-refractivity contribution < 1.29 is 9.53 Å². The number of ether oxygens (including phenoxy) is 1. The van der Waals surface area contributed by atoms with Crippen LogP contribution in [0.4, 0.5) is 11.4 Å². The average molecular weight is 685 g/mol. The molecule has 2 aliphatic heterocycles. The number of piperazine rings is 1. The molecule has 1 amide bonds. The van der Waals surface area contributed by atoms with Crippen molar-refractivity contribution in [1.29, 1.82) is 0 Å². The van der Waals surface area contributed by atoms with Gasteiger partial charge in [0.25, 0.3) is 0 Å². The van der Waals surface area contributed by atoms with Crippen LogP contribution in [-0.2, 0) is 11.2 Å². The van der Waals surface area contributed by atoms with E-state index in [1.54, 1.807) is 0 Å². The lowest BCUT2D eigenvalue weighted by Crippen LogP contribution is -2.63. The number of aryl methyl sites for hydroxylation is 1. The Morgan fingerprint density at radius 2 is 1.61 bits per heavy atom. The fourth-order valence-electron chi connectivity index (χ4n) is 8.88. The lowest BCUT2D eigenvalue weighted by atomic mass is 9.83. The molecule has 6 nitrogen and oxygen atoms in total. The van der Waals surface area contributed by atoms with Crippen molar-refractivity contribution >= 4 is 28.9 Å². The molecule has 1 saturated carbocycles. The molecule has 264 valence electrons. The van der Waals surface area contributed by atoms with Gasteiger partial charge in [0.1, 0.15) is 5.75 Å². The maximum absolute atomic E-state index is 13.9. The minimum absolute atomic E-state index is 0.0600. The van der Waals surface area contributed by atoms with Gasteiger partial charge in [-0.1, -0.05) is 29.8 Å². The van der Waals surface area contributed by atoms with Crippen molar-refractivity contribution in [2.24, 2.45) is 5.92 Å². The zero-order valence-corrected chi connectivity index (χ0v) is 31.8. The Hall–Kier alpha value is -3.06. The predicted octanol–water partition coefficient (Wildman–Crippen LogP) is 8.91. The summed E-state index contributed by atoms with van der Waals surface area (Å²) in [6.45, 7) is 20.2. The molecule has 1 aliphatic carbocycles. The van der Waals surface area contributed by atoms with Crippen LogP contribution in [0.3, 0.4) is 0 Å². The number of nitrogens with zero attached hydrogens (tertiary/aromatic N) is 4. The molecule has 0 unspecified atom stereocenters. The summed E-state index contributed by atoms with van der Waals surface area (Å²) < 4.78 is 6.21. The summed E-state index contributed by atoms with van der Waals surface area (Å²) in [6.07, 6.45) is 5.57. The molecule has 7 heteroatoms. The summed E-state index contributed by atoms with van der Waals surface area (Å²) in [4.78, 5) is 23.8. The van der Waals surface area contributed by atoms with E-state index in [1.807, 2.05) is 43.0 Å². The van der Waals surface area contributed by atoms with E-state index in [1.165, 1.54) is 51.0 Å². The molecule has 0 bridgehead atoms. The minimum Gasteiger partial charge on any atom is -0.491 e. The summed E-state index contributed by atoms with van der Waals surface area (Å²) in [6, 6.07) is 21.8. The quantitative estimate of drug-likeness (QED) is 0.225. The van der Waals surface area contributed by atoms with Gasteiger partial charge in [-0.05, 0) is 145 Å². The summed E-state index contributed by atoms with van der Waals surface area (Å²) in [5, 5.41) is 0.680. The van der Waals surface area contributed by atoms with Crippen molar-refractivity contribution in [1.82, 2.24) is 9.80 Å². The maximum atomic E-state index is 13.9. The Kier molecular flexibility index (Phi) is 10.7. The molecule has 2 heterocycles. The van der Waals surface area contributed by atoms with Crippen molar-refractivity contribution in [3.05, 3.63) is 87.9 Å². The van der Waals surface area contributed by atoms with Gasteiger partial charge in [-0.3, -0.25) is 14.6 Å². The first kappa shape index (κ1) is 35.8. The monoisotopic (exact) mass is 684 g/mol. The molecule has 3 aromatic rings. The van der Waals surface area contributed by atoms with Crippen LogP contribution in [0.15, 0.2) is 60.7 Å². The van der Waals surface area contributed by atoms with Gasteiger partial charge in [0.15, 0.2) is 0 Å². The topological polar surface area (TPSA) is 39.3 Å². The molecule has 0 aromatic heterocycles. The van der Waals surface area contributed by atoms with Crippen LogP contribution in [0, 0.1) is 12.8 Å². The Labute approximate surface area is 300 Å². The number of amides is 1. The first-order chi connectivity index (χ1) is 23.3. The molecule has 6 rings (SSSR count). The van der Waals surface area contributed by atoms with Crippen LogP contribution in [-0.4, -0.2) is 72.7 Å². The molecule has 1 saturated heterocycles. The van der Waals surface area contributed by atoms with Gasteiger partial charge in [-0.15, -0.1) is 0 Å². The Balaban J connectivity index is 1.15. The minimum atomic E-state index is -0.277. The number of carbonyl (C=O) groups excluding carboxylic acids is 1. The molecular formula is C42H57ClN4O2. The molecular weight excluding hydrogens is 628 g/mol. The van der Waals surface area contributed by atoms with E-state index in [0.29, 0.717) is 29.4 Å². The first-order valence-corrected chi connectivity index (χ1v) is 18.9. The van der Waals surface area contributed by atoms with Crippen molar-refractivity contribution in [2.75, 3.05) is 43.0 Å². The highest BCUT2D eigenvalue weighted by atomic mass is 35.5. The van der Waals surface area contributed by atoms with Crippen LogP contribution < -0.4 is 14.5 Å². The molecule has 49 heavy (non-hydrogen) atoms. The molecule has 0 spiro atoms. The third kappa shape index (κ3) is 7.82. The second-order valence-corrected chi connectivity index (χ2v) is 16.5. The van der Waals surface area contributed by atoms with Gasteiger partial charge < -0.3 is 14.5 Å². The number of carbonyl (C=O) groups is 1. The van der Waals surface area contributed by atoms with Crippen LogP contribution in [0.1, 0.15) is 95.5 Å². The van der Waals surface area contributed by atoms with Crippen LogP contribution in [0.2, 0.25) is 5.02 Å². The number of rotatable bonds is 9. The van der Waals surface area contributed by atoms with E-state index in [4.69, 9.17) is 16.3 Å². The Bertz CT molecular complexity index is 1590. The van der Waals surface area contributed by atoms with Crippen molar-refractivity contribution in [3.8, 4) is 5.75 Å². The number of fused-ring (bicyclic) bond motifs is 1. The van der Waals surface area contributed by atoms with E-state index >= 15 is 0 Å². The smallest absolute Gasteiger partial charge is 0.232 e. The highest BCUT2D eigenvalue weighted by molar-refractivity contribution is 6.30. The number of halogens is 1. The van der Waals surface area contributed by atoms with Crippen LogP contribution in [0.25, 0.3) is 0 Å². The second-order valence-electron chi connectivity index (χ2n) is 16.0. The third-order valence-corrected chi connectivity index (χ3v) is 11.5. The second kappa shape index (κ2) is 14.7. The molecule has 2 fully saturated rings. The molecule has 0 radical (unpaired) electrons. The Morgan fingerprint density at radius 3 is 2.22 bits per heavy atom. The van der Waals surface area contributed by atoms with Gasteiger partial charge in [0.2, 0.25) is 5.91 Å². The van der Waals surface area contributed by atoms with Crippen LogP contribution >= 0.6 is 11.6 Å². The van der Waals surface area contributed by atoms with Crippen molar-refractivity contribution in [3.63, 3.8) is 0 Å². The normalized spacial score (nSPS) is 23.2. The summed E-state index contributed by atoms with van der Waals surface area (Å²) in [5.41, 5.74) is 6.57. The van der Waals surface area contributed by atoms with Gasteiger partial charge >= 0.3 is 0 Å². The number of hydrogen-bond donors (Lipinski definition) is 0. The Morgan fingerprint density at radius 1 is 0.939 bits per heavy atom. The highest BCUT2D eigenvalue weighted by Crippen LogP contribution is 2.42. The summed E-state index contributed by atoms with van der Waals surface area (Å²) in [7, 11) is 2.21. The molecule has 3 aromatic carbocycles. The van der Waals surface area contributed by atoms with Gasteiger partial charge in [-0.2, -0.15) is 0 Å². The lowest BCUT2D eigenvalue weighted by Gasteiger charge is -2.52. The molecule has 0 N–H and O–H groups in total. The fraction of sp³-hybridized carbons (Fsp3) is 0.548. The van der Waals surface area contributed by atoms with E-state index < -0.39 is 0 Å². The fourth-order valence-corrected chi connectivity index (χ4v) is 9.00. The summed E-state index contributed by atoms with van der Waals surface area (Å²) in [5.74, 6) is 1.66. The van der Waals surface area contributed by atoms with E-state index in [-0.39, 0.29) is 23.6 Å². The van der Waals surface area contributed by atoms with E-state index in [0.717, 1.165) is 40.2 Å². The number of anilines is 2. The third-order valence-electron chi connectivity index (χ3n) is 11.2. The summed E-state index contributed by atoms with van der Waals surface area (Å²) >= 11 is 6.31. The maximum Gasteiger partial charge on any atom is 0.232 e. The highest BCUT2D eigenvalue weighted by Gasteiger charge is 2.39. The van der Waals surface area contributed by atoms with Gasteiger partial charge in [-0.25, -0.2) is 0 Å². The zero-order valence-electron chi connectivity index (χ0n) is 31.0. The van der Waals surface area contributed by atoms with Gasteiger partial charge in [0, 0.05) is 67.2 Å². The lowest BCUT2D eigenvalue weighted by molar-refractivity contribution is -0.118. The standard InChI is InChI=1S/C42H57ClN4O2/c1-28(2)46-22-21-45(27-42(46,6)7)36-15-9-31(10-16-36)26-44(8)35-17-19-37(20-18-35)47-40(48)24-33-23-30(5)39(49-29(3)4)25-38(33)41(47)32-11-13-34(43)14-12-32/h11-14,17-20,23,25,28-29,31,36,41H,9-10,15-16,21-22,24,26-27H2,1-8H3/t31?,36?,41-/m0/s1. The predicted molar refractivity (Wildman–Crippen MR) is 204 cm³/mol. The van der Waals surface area contributed by atoms with E-state index in [2.05, 4.69) is 92.8 Å². The van der Waals surface area contributed by atoms with E-state index in [9.17, 15) is 4.79 Å². The SMILES string of the molecule is Cc1cc2c(cc1OC(C)C)[C@H](c1ccc(Cl)cc1)N(c1ccc(N(C)CC3CCC(N4CCN(C(C)C)C(C)(C)C4)CC3)cc1)C(=O)C2. The number of benzene rings is 3. The van der Waals surface area contributed by atoms with Crippen LogP contribution in [0.5, 0.6) is 5.75 Å². The van der Waals surface area contributed by atoms with Crippen molar-refractivity contribution in [2.45, 2.75) is 110 Å². The molecule has 1 atom stereocenters. The largest absolute Gasteiger partial charge is 0.491 e. The average Bonchev–Trinajstić information content (AvgIpc) is 3.05. The first-order valence-electron chi connectivity index (χ1n) is 18.5. The molecule has 3 aliphatic rings.